The highest BCUT2D eigenvalue weighted by molar-refractivity contribution is 5.73. The van der Waals surface area contributed by atoms with E-state index >= 15 is 0 Å². The molecule has 0 saturated carbocycles. The number of nitrogens with one attached hydrogen (secondary N) is 1. The number of para-hydroxylation sites is 1. The zero-order valence-electron chi connectivity index (χ0n) is 18.0. The largest absolute Gasteiger partial charge is 0.479 e. The molecule has 1 aliphatic heterocycles. The van der Waals surface area contributed by atoms with Crippen molar-refractivity contribution < 1.29 is 43.9 Å². The summed E-state index contributed by atoms with van der Waals surface area (Å²) in [5, 5.41) is 41.1. The topological polar surface area (TPSA) is 172 Å². The summed E-state index contributed by atoms with van der Waals surface area (Å²) in [7, 11) is 1.99. The number of halogens is 1. The van der Waals surface area contributed by atoms with Gasteiger partial charge in [0.15, 0.2) is 18.6 Å². The molecule has 0 amide bonds. The number of benzene rings is 1. The Morgan fingerprint density at radius 2 is 1.84 bits per heavy atom. The SMILES string of the molecule is CNCCCCCCN.O=CC(F)c1ccccc1OC1OC(C(=O)O)C(O)C(O)C1O. The number of aliphatic hydroxyl groups excluding tert-OH is 3. The number of unbranched alkanes of at least 4 members (excludes halogenated alkanes) is 3. The average molecular weight is 460 g/mol. The van der Waals surface area contributed by atoms with Crippen LogP contribution in [0.3, 0.4) is 0 Å². The summed E-state index contributed by atoms with van der Waals surface area (Å²) < 4.78 is 23.7. The van der Waals surface area contributed by atoms with E-state index in [-0.39, 0.29) is 17.6 Å². The van der Waals surface area contributed by atoms with E-state index in [4.69, 9.17) is 20.3 Å². The molecular formula is C21H33FN2O8. The van der Waals surface area contributed by atoms with Gasteiger partial charge in [-0.2, -0.15) is 0 Å². The molecule has 1 aliphatic rings. The van der Waals surface area contributed by atoms with Gasteiger partial charge in [-0.05, 0) is 39.0 Å². The molecule has 1 saturated heterocycles. The summed E-state index contributed by atoms with van der Waals surface area (Å²) >= 11 is 0. The summed E-state index contributed by atoms with van der Waals surface area (Å²) in [5.41, 5.74) is 5.18. The number of aliphatic hydroxyl groups is 3. The van der Waals surface area contributed by atoms with Crippen LogP contribution in [0.5, 0.6) is 5.75 Å². The maximum atomic E-state index is 13.6. The van der Waals surface area contributed by atoms with Crippen LogP contribution in [0.2, 0.25) is 0 Å². The first kappa shape index (κ1) is 27.9. The maximum absolute atomic E-state index is 13.6. The van der Waals surface area contributed by atoms with Gasteiger partial charge < -0.3 is 41.0 Å². The third-order valence-electron chi connectivity index (χ3n) is 4.77. The molecule has 11 heteroatoms. The minimum atomic E-state index is -1.99. The van der Waals surface area contributed by atoms with Crippen molar-refractivity contribution in [2.75, 3.05) is 20.1 Å². The number of nitrogens with two attached hydrogens (primary N) is 1. The van der Waals surface area contributed by atoms with E-state index in [1.807, 2.05) is 7.05 Å². The van der Waals surface area contributed by atoms with Crippen LogP contribution in [0.15, 0.2) is 24.3 Å². The van der Waals surface area contributed by atoms with Crippen LogP contribution in [-0.2, 0) is 14.3 Å². The quantitative estimate of drug-likeness (QED) is 0.193. The Bertz CT molecular complexity index is 690. The molecule has 1 fully saturated rings. The lowest BCUT2D eigenvalue weighted by atomic mass is 9.99. The van der Waals surface area contributed by atoms with E-state index in [0.29, 0.717) is 0 Å². The summed E-state index contributed by atoms with van der Waals surface area (Å²) in [6.45, 7) is 1.99. The minimum Gasteiger partial charge on any atom is -0.479 e. The number of carbonyl (C=O) groups is 2. The normalized spacial score (nSPS) is 25.9. The van der Waals surface area contributed by atoms with E-state index in [1.165, 1.54) is 49.9 Å². The van der Waals surface area contributed by atoms with Crippen LogP contribution in [0.1, 0.15) is 37.4 Å². The van der Waals surface area contributed by atoms with Gasteiger partial charge >= 0.3 is 5.97 Å². The molecule has 1 aromatic rings. The summed E-state index contributed by atoms with van der Waals surface area (Å²) in [5.74, 6) is -1.73. The summed E-state index contributed by atoms with van der Waals surface area (Å²) in [6.07, 6.45) is -5.85. The van der Waals surface area contributed by atoms with Crippen molar-refractivity contribution in [3.8, 4) is 5.75 Å². The molecule has 32 heavy (non-hydrogen) atoms. The highest BCUT2D eigenvalue weighted by Crippen LogP contribution is 2.30. The van der Waals surface area contributed by atoms with Crippen molar-refractivity contribution in [1.82, 2.24) is 5.32 Å². The number of carbonyl (C=O) groups excluding carboxylic acids is 1. The molecule has 0 radical (unpaired) electrons. The third kappa shape index (κ3) is 8.41. The molecule has 2 rings (SSSR count). The predicted molar refractivity (Wildman–Crippen MR) is 113 cm³/mol. The Hall–Kier alpha value is -2.15. The first-order valence-corrected chi connectivity index (χ1v) is 10.4. The molecular weight excluding hydrogens is 427 g/mol. The molecule has 0 bridgehead atoms. The van der Waals surface area contributed by atoms with Crippen LogP contribution in [-0.4, -0.2) is 83.5 Å². The van der Waals surface area contributed by atoms with Crippen molar-refractivity contribution in [2.45, 2.75) is 62.6 Å². The predicted octanol–water partition coefficient (Wildman–Crippen LogP) is -0.108. The third-order valence-corrected chi connectivity index (χ3v) is 4.77. The summed E-state index contributed by atoms with van der Waals surface area (Å²) in [6, 6.07) is 5.47. The van der Waals surface area contributed by atoms with E-state index in [1.54, 1.807) is 0 Å². The fourth-order valence-electron chi connectivity index (χ4n) is 2.96. The van der Waals surface area contributed by atoms with E-state index in [9.17, 15) is 29.3 Å². The average Bonchev–Trinajstić information content (AvgIpc) is 2.79. The number of rotatable bonds is 11. The highest BCUT2D eigenvalue weighted by Gasteiger charge is 2.48. The number of aliphatic carboxylic acids is 1. The number of carboxylic acid groups (broad SMARTS) is 1. The number of aldehydes is 1. The molecule has 182 valence electrons. The van der Waals surface area contributed by atoms with Crippen LogP contribution < -0.4 is 15.8 Å². The second kappa shape index (κ2) is 14.8. The van der Waals surface area contributed by atoms with Gasteiger partial charge in [-0.1, -0.05) is 31.0 Å². The molecule has 0 aromatic heterocycles. The monoisotopic (exact) mass is 460 g/mol. The van der Waals surface area contributed by atoms with Crippen LogP contribution >= 0.6 is 0 Å². The van der Waals surface area contributed by atoms with Crippen molar-refractivity contribution in [3.05, 3.63) is 29.8 Å². The molecule has 1 heterocycles. The van der Waals surface area contributed by atoms with Gasteiger partial charge in [0.05, 0.1) is 0 Å². The highest BCUT2D eigenvalue weighted by atomic mass is 19.1. The van der Waals surface area contributed by atoms with Gasteiger partial charge in [0.25, 0.3) is 0 Å². The Labute approximate surface area is 186 Å². The zero-order valence-corrected chi connectivity index (χ0v) is 18.0. The Kier molecular flexibility index (Phi) is 12.9. The standard InChI is InChI=1S/C14H15FO8.C7H18N2/c15-7(5-16)6-3-1-2-4-8(6)22-14-11(19)9(17)10(18)12(23-14)13(20)21;1-9-7-5-3-2-4-6-8/h1-5,7,9-12,14,17-19H,(H,20,21);9H,2-8H2,1H3. The number of ether oxygens (including phenoxy) is 2. The van der Waals surface area contributed by atoms with Crippen molar-refractivity contribution in [3.63, 3.8) is 0 Å². The van der Waals surface area contributed by atoms with Gasteiger partial charge in [-0.15, -0.1) is 0 Å². The lowest BCUT2D eigenvalue weighted by Gasteiger charge is -2.38. The molecule has 6 unspecified atom stereocenters. The number of alkyl halides is 1. The maximum Gasteiger partial charge on any atom is 0.335 e. The van der Waals surface area contributed by atoms with Crippen LogP contribution in [0, 0.1) is 0 Å². The van der Waals surface area contributed by atoms with Gasteiger partial charge in [0.2, 0.25) is 6.29 Å². The molecule has 10 nitrogen and oxygen atoms in total. The Balaban J connectivity index is 0.000000482. The number of hydrogen-bond donors (Lipinski definition) is 6. The van der Waals surface area contributed by atoms with Gasteiger partial charge in [0.1, 0.15) is 24.1 Å². The van der Waals surface area contributed by atoms with Crippen molar-refractivity contribution >= 4 is 12.3 Å². The molecule has 6 atom stereocenters. The van der Waals surface area contributed by atoms with Crippen LogP contribution in [0.25, 0.3) is 0 Å². The van der Waals surface area contributed by atoms with E-state index < -0.39 is 42.8 Å². The Morgan fingerprint density at radius 3 is 2.44 bits per heavy atom. The smallest absolute Gasteiger partial charge is 0.335 e. The molecule has 0 spiro atoms. The van der Waals surface area contributed by atoms with Crippen LogP contribution in [0.4, 0.5) is 4.39 Å². The molecule has 7 N–H and O–H groups in total. The van der Waals surface area contributed by atoms with Gasteiger partial charge in [-0.3, -0.25) is 4.79 Å². The van der Waals surface area contributed by atoms with Gasteiger partial charge in [0, 0.05) is 5.56 Å². The lowest BCUT2D eigenvalue weighted by Crippen LogP contribution is -2.61. The first-order valence-electron chi connectivity index (χ1n) is 10.4. The fourth-order valence-corrected chi connectivity index (χ4v) is 2.96. The Morgan fingerprint density at radius 1 is 1.19 bits per heavy atom. The number of carboxylic acids is 1. The first-order chi connectivity index (χ1) is 15.3. The van der Waals surface area contributed by atoms with Gasteiger partial charge in [-0.25, -0.2) is 9.18 Å². The second-order valence-corrected chi connectivity index (χ2v) is 7.24. The van der Waals surface area contributed by atoms with Crippen molar-refractivity contribution in [1.29, 1.82) is 0 Å². The minimum absolute atomic E-state index is 0.0407. The summed E-state index contributed by atoms with van der Waals surface area (Å²) in [4.78, 5) is 21.6. The second-order valence-electron chi connectivity index (χ2n) is 7.24. The molecule has 0 aliphatic carbocycles. The zero-order chi connectivity index (χ0) is 24.1. The lowest BCUT2D eigenvalue weighted by molar-refractivity contribution is -0.271. The fraction of sp³-hybridized carbons (Fsp3) is 0.619. The van der Waals surface area contributed by atoms with Crippen molar-refractivity contribution in [2.24, 2.45) is 5.73 Å². The molecule has 1 aromatic carbocycles. The van der Waals surface area contributed by atoms with E-state index in [0.717, 1.165) is 13.1 Å². The number of hydrogen-bond acceptors (Lipinski definition) is 9. The van der Waals surface area contributed by atoms with E-state index in [2.05, 4.69) is 5.32 Å².